The van der Waals surface area contributed by atoms with E-state index in [-0.39, 0.29) is 5.56 Å². The van der Waals surface area contributed by atoms with Crippen molar-refractivity contribution in [3.05, 3.63) is 71.2 Å². The predicted octanol–water partition coefficient (Wildman–Crippen LogP) is 4.95. The van der Waals surface area contributed by atoms with Crippen LogP contribution in [0.15, 0.2) is 60.7 Å². The average Bonchev–Trinajstić information content (AvgIpc) is 2.84. The fourth-order valence-electron chi connectivity index (χ4n) is 2.87. The average molecular weight is 472 g/mol. The smallest absolute Gasteiger partial charge is 0.338 e. The number of carbonyl (C=O) groups excluding carboxylic acids is 2. The number of carbonyl (C=O) groups is 2. The number of para-hydroxylation sites is 1. The van der Waals surface area contributed by atoms with E-state index in [4.69, 9.17) is 35.3 Å². The molecule has 0 aliphatic heterocycles. The van der Waals surface area contributed by atoms with Crippen LogP contribution in [0.1, 0.15) is 10.4 Å². The summed E-state index contributed by atoms with van der Waals surface area (Å²) in [5.41, 5.74) is 0.661. The van der Waals surface area contributed by atoms with Crippen LogP contribution in [0, 0.1) is 0 Å². The molecule has 172 valence electrons. The lowest BCUT2D eigenvalue weighted by atomic mass is 10.2. The third-order valence-corrected chi connectivity index (χ3v) is 4.75. The number of esters is 1. The Balaban J connectivity index is 1.57. The van der Waals surface area contributed by atoms with Crippen LogP contribution in [0.25, 0.3) is 0 Å². The van der Waals surface area contributed by atoms with E-state index in [0.717, 1.165) is 0 Å². The second kappa shape index (κ2) is 11.1. The van der Waals surface area contributed by atoms with Gasteiger partial charge >= 0.3 is 5.97 Å². The number of halogens is 1. The highest BCUT2D eigenvalue weighted by Crippen LogP contribution is 2.38. The Labute approximate surface area is 195 Å². The molecule has 0 atom stereocenters. The lowest BCUT2D eigenvalue weighted by Crippen LogP contribution is -2.21. The molecule has 1 amide bonds. The fraction of sp³-hybridized carbons (Fsp3) is 0.167. The van der Waals surface area contributed by atoms with Gasteiger partial charge in [0.25, 0.3) is 5.91 Å². The summed E-state index contributed by atoms with van der Waals surface area (Å²) in [5, 5.41) is 3.14. The number of benzene rings is 3. The molecule has 0 aliphatic carbocycles. The molecule has 3 rings (SSSR count). The standard InChI is InChI=1S/C24H22ClNO7/c1-29-20-12-15(13-21(30-2)23(20)31-3)24(28)32-14-22(27)26-16-8-10-17(11-9-16)33-19-7-5-4-6-18(19)25/h4-13H,14H2,1-3H3,(H,26,27). The molecular formula is C24H22ClNO7. The molecule has 1 N–H and O–H groups in total. The van der Waals surface area contributed by atoms with Gasteiger partial charge in [-0.3, -0.25) is 4.79 Å². The van der Waals surface area contributed by atoms with Crippen LogP contribution < -0.4 is 24.3 Å². The van der Waals surface area contributed by atoms with Gasteiger partial charge in [-0.15, -0.1) is 0 Å². The normalized spacial score (nSPS) is 10.2. The van der Waals surface area contributed by atoms with Crippen molar-refractivity contribution in [2.24, 2.45) is 0 Å². The summed E-state index contributed by atoms with van der Waals surface area (Å²) in [5.74, 6) is 0.795. The van der Waals surface area contributed by atoms with E-state index >= 15 is 0 Å². The second-order valence-electron chi connectivity index (χ2n) is 6.60. The van der Waals surface area contributed by atoms with Gasteiger partial charge in [-0.25, -0.2) is 4.79 Å². The van der Waals surface area contributed by atoms with Crippen LogP contribution in [0.5, 0.6) is 28.7 Å². The third kappa shape index (κ3) is 6.08. The van der Waals surface area contributed by atoms with Crippen molar-refractivity contribution >= 4 is 29.2 Å². The zero-order chi connectivity index (χ0) is 23.8. The number of hydrogen-bond acceptors (Lipinski definition) is 7. The molecule has 0 unspecified atom stereocenters. The zero-order valence-electron chi connectivity index (χ0n) is 18.2. The summed E-state index contributed by atoms with van der Waals surface area (Å²) in [7, 11) is 4.33. The van der Waals surface area contributed by atoms with Crippen molar-refractivity contribution in [1.29, 1.82) is 0 Å². The van der Waals surface area contributed by atoms with Gasteiger partial charge in [0.15, 0.2) is 18.1 Å². The topological polar surface area (TPSA) is 92.3 Å². The molecule has 0 heterocycles. The van der Waals surface area contributed by atoms with Crippen molar-refractivity contribution in [1.82, 2.24) is 0 Å². The molecule has 33 heavy (non-hydrogen) atoms. The number of nitrogens with one attached hydrogen (secondary N) is 1. The van der Waals surface area contributed by atoms with Crippen molar-refractivity contribution in [2.45, 2.75) is 0 Å². The third-order valence-electron chi connectivity index (χ3n) is 4.44. The molecule has 0 bridgehead atoms. The highest BCUT2D eigenvalue weighted by molar-refractivity contribution is 6.32. The fourth-order valence-corrected chi connectivity index (χ4v) is 3.05. The second-order valence-corrected chi connectivity index (χ2v) is 7.00. The van der Waals surface area contributed by atoms with E-state index in [1.165, 1.54) is 33.5 Å². The van der Waals surface area contributed by atoms with Gasteiger partial charge < -0.3 is 29.0 Å². The number of amides is 1. The zero-order valence-corrected chi connectivity index (χ0v) is 19.0. The molecule has 0 spiro atoms. The molecule has 9 heteroatoms. The molecule has 3 aromatic carbocycles. The van der Waals surface area contributed by atoms with Crippen LogP contribution >= 0.6 is 11.6 Å². The van der Waals surface area contributed by atoms with E-state index in [1.807, 2.05) is 12.1 Å². The number of rotatable bonds is 9. The van der Waals surface area contributed by atoms with E-state index < -0.39 is 18.5 Å². The molecular weight excluding hydrogens is 450 g/mol. The van der Waals surface area contributed by atoms with E-state index in [1.54, 1.807) is 36.4 Å². The van der Waals surface area contributed by atoms with Gasteiger partial charge in [-0.2, -0.15) is 0 Å². The van der Waals surface area contributed by atoms with Crippen molar-refractivity contribution in [2.75, 3.05) is 33.3 Å². The lowest BCUT2D eigenvalue weighted by Gasteiger charge is -2.13. The first-order valence-corrected chi connectivity index (χ1v) is 10.1. The summed E-state index contributed by atoms with van der Waals surface area (Å²) in [6.07, 6.45) is 0. The van der Waals surface area contributed by atoms with Crippen LogP contribution in [0.4, 0.5) is 5.69 Å². The molecule has 0 fully saturated rings. The quantitative estimate of drug-likeness (QED) is 0.441. The van der Waals surface area contributed by atoms with Crippen molar-refractivity contribution in [3.8, 4) is 28.7 Å². The summed E-state index contributed by atoms with van der Waals surface area (Å²) in [4.78, 5) is 24.6. The number of methoxy groups -OCH3 is 3. The number of ether oxygens (including phenoxy) is 5. The first kappa shape index (κ1) is 23.7. The SMILES string of the molecule is COc1cc(C(=O)OCC(=O)Nc2ccc(Oc3ccccc3Cl)cc2)cc(OC)c1OC. The van der Waals surface area contributed by atoms with Gasteiger partial charge in [0.05, 0.1) is 31.9 Å². The summed E-state index contributed by atoms with van der Waals surface area (Å²) < 4.78 is 26.5. The molecule has 0 aliphatic rings. The molecule has 0 saturated heterocycles. The van der Waals surface area contributed by atoms with Crippen LogP contribution in [0.3, 0.4) is 0 Å². The minimum absolute atomic E-state index is 0.151. The number of anilines is 1. The summed E-state index contributed by atoms with van der Waals surface area (Å²) >= 11 is 6.08. The minimum Gasteiger partial charge on any atom is -0.493 e. The lowest BCUT2D eigenvalue weighted by molar-refractivity contribution is -0.119. The molecule has 8 nitrogen and oxygen atoms in total. The summed E-state index contributed by atoms with van der Waals surface area (Å²) in [6, 6.07) is 16.7. The van der Waals surface area contributed by atoms with E-state index in [9.17, 15) is 9.59 Å². The van der Waals surface area contributed by atoms with Crippen molar-refractivity contribution < 1.29 is 33.3 Å². The largest absolute Gasteiger partial charge is 0.493 e. The highest BCUT2D eigenvalue weighted by atomic mass is 35.5. The Morgan fingerprint density at radius 3 is 2.06 bits per heavy atom. The van der Waals surface area contributed by atoms with Gasteiger partial charge in [-0.1, -0.05) is 23.7 Å². The molecule has 3 aromatic rings. The van der Waals surface area contributed by atoms with Gasteiger partial charge in [-0.05, 0) is 48.5 Å². The Bertz CT molecular complexity index is 1110. The van der Waals surface area contributed by atoms with Gasteiger partial charge in [0.1, 0.15) is 11.5 Å². The first-order valence-electron chi connectivity index (χ1n) is 9.74. The Hall–Kier alpha value is -3.91. The van der Waals surface area contributed by atoms with E-state index in [0.29, 0.717) is 39.5 Å². The van der Waals surface area contributed by atoms with Crippen molar-refractivity contribution in [3.63, 3.8) is 0 Å². The minimum atomic E-state index is -0.715. The van der Waals surface area contributed by atoms with Gasteiger partial charge in [0, 0.05) is 5.69 Å². The summed E-state index contributed by atoms with van der Waals surface area (Å²) in [6.45, 7) is -0.479. The predicted molar refractivity (Wildman–Crippen MR) is 123 cm³/mol. The Kier molecular flexibility index (Phi) is 7.99. The van der Waals surface area contributed by atoms with Crippen LogP contribution in [0.2, 0.25) is 5.02 Å². The first-order chi connectivity index (χ1) is 15.9. The maximum absolute atomic E-state index is 12.4. The van der Waals surface area contributed by atoms with Gasteiger partial charge in [0.2, 0.25) is 5.75 Å². The molecule has 0 radical (unpaired) electrons. The Morgan fingerprint density at radius 1 is 0.848 bits per heavy atom. The van der Waals surface area contributed by atoms with E-state index in [2.05, 4.69) is 5.32 Å². The number of hydrogen-bond donors (Lipinski definition) is 1. The highest BCUT2D eigenvalue weighted by Gasteiger charge is 2.18. The molecule has 0 aromatic heterocycles. The molecule has 0 saturated carbocycles. The van der Waals surface area contributed by atoms with Crippen LogP contribution in [-0.2, 0) is 9.53 Å². The Morgan fingerprint density at radius 2 is 1.48 bits per heavy atom. The monoisotopic (exact) mass is 471 g/mol. The maximum Gasteiger partial charge on any atom is 0.338 e. The van der Waals surface area contributed by atoms with Crippen LogP contribution in [-0.4, -0.2) is 39.8 Å². The maximum atomic E-state index is 12.4.